The predicted octanol–water partition coefficient (Wildman–Crippen LogP) is 3.39. The highest BCUT2D eigenvalue weighted by molar-refractivity contribution is 6.02. The molecular formula is C20H16FN5O. The highest BCUT2D eigenvalue weighted by atomic mass is 19.1. The predicted molar refractivity (Wildman–Crippen MR) is 99.7 cm³/mol. The van der Waals surface area contributed by atoms with E-state index in [1.165, 1.54) is 18.3 Å². The monoisotopic (exact) mass is 361 g/mol. The summed E-state index contributed by atoms with van der Waals surface area (Å²) in [6.07, 6.45) is 1.95. The van der Waals surface area contributed by atoms with E-state index in [-0.39, 0.29) is 17.4 Å². The summed E-state index contributed by atoms with van der Waals surface area (Å²) in [6, 6.07) is 16.6. The molecule has 0 spiro atoms. The molecular weight excluding hydrogens is 345 g/mol. The molecule has 0 unspecified atom stereocenters. The van der Waals surface area contributed by atoms with Gasteiger partial charge in [0.25, 0.3) is 5.91 Å². The first-order chi connectivity index (χ1) is 13.2. The van der Waals surface area contributed by atoms with Gasteiger partial charge in [0.15, 0.2) is 0 Å². The van der Waals surface area contributed by atoms with Crippen molar-refractivity contribution in [1.82, 2.24) is 9.97 Å². The van der Waals surface area contributed by atoms with Crippen LogP contribution >= 0.6 is 0 Å². The van der Waals surface area contributed by atoms with Crippen LogP contribution in [0.3, 0.4) is 0 Å². The second-order valence-electron chi connectivity index (χ2n) is 5.68. The molecule has 0 bridgehead atoms. The SMILES string of the molecule is N#Cc1ccc(NC(=O)c2ccnc(NCCc3ccccc3F)n2)cc1. The lowest BCUT2D eigenvalue weighted by atomic mass is 10.1. The van der Waals surface area contributed by atoms with E-state index in [1.807, 2.05) is 6.07 Å². The summed E-state index contributed by atoms with van der Waals surface area (Å²) in [6.45, 7) is 0.432. The Morgan fingerprint density at radius 3 is 2.63 bits per heavy atom. The first kappa shape index (κ1) is 18.0. The lowest BCUT2D eigenvalue weighted by molar-refractivity contribution is 0.102. The largest absolute Gasteiger partial charge is 0.354 e. The molecule has 134 valence electrons. The third-order valence-corrected chi connectivity index (χ3v) is 3.80. The molecule has 7 heteroatoms. The molecule has 27 heavy (non-hydrogen) atoms. The highest BCUT2D eigenvalue weighted by Gasteiger charge is 2.09. The highest BCUT2D eigenvalue weighted by Crippen LogP contribution is 2.11. The minimum Gasteiger partial charge on any atom is -0.354 e. The fourth-order valence-corrected chi connectivity index (χ4v) is 2.40. The Kier molecular flexibility index (Phi) is 5.70. The van der Waals surface area contributed by atoms with Crippen molar-refractivity contribution in [3.63, 3.8) is 0 Å². The van der Waals surface area contributed by atoms with Crippen molar-refractivity contribution in [3.8, 4) is 6.07 Å². The lowest BCUT2D eigenvalue weighted by Gasteiger charge is -2.08. The van der Waals surface area contributed by atoms with Gasteiger partial charge < -0.3 is 10.6 Å². The fraction of sp³-hybridized carbons (Fsp3) is 0.100. The van der Waals surface area contributed by atoms with Crippen LogP contribution in [-0.4, -0.2) is 22.4 Å². The second kappa shape index (κ2) is 8.54. The summed E-state index contributed by atoms with van der Waals surface area (Å²) < 4.78 is 13.6. The molecule has 2 N–H and O–H groups in total. The number of rotatable bonds is 6. The Hall–Kier alpha value is -3.79. The molecule has 1 amide bonds. The average molecular weight is 361 g/mol. The molecule has 0 atom stereocenters. The number of carbonyl (C=O) groups is 1. The van der Waals surface area contributed by atoms with Crippen LogP contribution in [-0.2, 0) is 6.42 Å². The summed E-state index contributed by atoms with van der Waals surface area (Å²) in [5, 5.41) is 14.5. The maximum Gasteiger partial charge on any atom is 0.274 e. The molecule has 2 aromatic carbocycles. The second-order valence-corrected chi connectivity index (χ2v) is 5.68. The van der Waals surface area contributed by atoms with E-state index >= 15 is 0 Å². The molecule has 0 aliphatic heterocycles. The summed E-state index contributed by atoms with van der Waals surface area (Å²) in [7, 11) is 0. The number of nitrogens with zero attached hydrogens (tertiary/aromatic N) is 3. The summed E-state index contributed by atoms with van der Waals surface area (Å²) in [5.41, 5.74) is 1.87. The number of nitrogens with one attached hydrogen (secondary N) is 2. The van der Waals surface area contributed by atoms with Gasteiger partial charge in [0.1, 0.15) is 11.5 Å². The Morgan fingerprint density at radius 2 is 1.89 bits per heavy atom. The minimum atomic E-state index is -0.390. The molecule has 6 nitrogen and oxygen atoms in total. The van der Waals surface area contributed by atoms with Gasteiger partial charge in [-0.1, -0.05) is 18.2 Å². The molecule has 0 saturated carbocycles. The van der Waals surface area contributed by atoms with Gasteiger partial charge in [-0.2, -0.15) is 5.26 Å². The van der Waals surface area contributed by atoms with Crippen molar-refractivity contribution in [3.05, 3.63) is 83.4 Å². The maximum atomic E-state index is 13.6. The van der Waals surface area contributed by atoms with Gasteiger partial charge in [-0.3, -0.25) is 4.79 Å². The Morgan fingerprint density at radius 1 is 1.11 bits per heavy atom. The van der Waals surface area contributed by atoms with Gasteiger partial charge in [0.2, 0.25) is 5.95 Å². The Balaban J connectivity index is 1.60. The minimum absolute atomic E-state index is 0.197. The zero-order valence-electron chi connectivity index (χ0n) is 14.3. The van der Waals surface area contributed by atoms with Crippen molar-refractivity contribution < 1.29 is 9.18 Å². The average Bonchev–Trinajstić information content (AvgIpc) is 2.70. The Labute approximate surface area is 155 Å². The van der Waals surface area contributed by atoms with Crippen molar-refractivity contribution in [1.29, 1.82) is 5.26 Å². The summed E-state index contributed by atoms with van der Waals surface area (Å²) in [5.74, 6) is -0.353. The quantitative estimate of drug-likeness (QED) is 0.702. The third-order valence-electron chi connectivity index (χ3n) is 3.80. The molecule has 1 heterocycles. The number of anilines is 2. The lowest BCUT2D eigenvalue weighted by Crippen LogP contribution is -2.16. The third kappa shape index (κ3) is 4.86. The Bertz CT molecular complexity index is 982. The molecule has 0 radical (unpaired) electrons. The van der Waals surface area contributed by atoms with Crippen LogP contribution in [0.15, 0.2) is 60.8 Å². The molecule has 0 saturated heterocycles. The number of hydrogen-bond acceptors (Lipinski definition) is 5. The van der Waals surface area contributed by atoms with Crippen molar-refractivity contribution in [2.24, 2.45) is 0 Å². The first-order valence-electron chi connectivity index (χ1n) is 8.27. The van der Waals surface area contributed by atoms with E-state index in [9.17, 15) is 9.18 Å². The maximum absolute atomic E-state index is 13.6. The van der Waals surface area contributed by atoms with Gasteiger partial charge in [-0.25, -0.2) is 14.4 Å². The molecule has 0 fully saturated rings. The van der Waals surface area contributed by atoms with Crippen LogP contribution in [0.4, 0.5) is 16.0 Å². The van der Waals surface area contributed by atoms with E-state index in [0.29, 0.717) is 35.7 Å². The van der Waals surface area contributed by atoms with Gasteiger partial charge in [0, 0.05) is 18.4 Å². The van der Waals surface area contributed by atoms with E-state index in [1.54, 1.807) is 42.5 Å². The zero-order chi connectivity index (χ0) is 19.1. The zero-order valence-corrected chi connectivity index (χ0v) is 14.3. The number of halogens is 1. The number of carbonyl (C=O) groups excluding carboxylic acids is 1. The van der Waals surface area contributed by atoms with Crippen LogP contribution in [0.5, 0.6) is 0 Å². The summed E-state index contributed by atoms with van der Waals surface area (Å²) >= 11 is 0. The molecule has 0 aliphatic carbocycles. The van der Waals surface area contributed by atoms with E-state index in [0.717, 1.165) is 0 Å². The molecule has 3 aromatic rings. The van der Waals surface area contributed by atoms with Crippen LogP contribution in [0.1, 0.15) is 21.6 Å². The van der Waals surface area contributed by atoms with E-state index < -0.39 is 0 Å². The van der Waals surface area contributed by atoms with Crippen molar-refractivity contribution in [2.75, 3.05) is 17.2 Å². The topological polar surface area (TPSA) is 90.7 Å². The number of benzene rings is 2. The number of nitriles is 1. The molecule has 1 aromatic heterocycles. The number of amides is 1. The standard InChI is InChI=1S/C20H16FN5O/c21-17-4-2-1-3-15(17)9-11-23-20-24-12-10-18(26-20)19(27)25-16-7-5-14(13-22)6-8-16/h1-8,10,12H,9,11H2,(H,25,27)(H,23,24,26). The van der Waals surface area contributed by atoms with Crippen LogP contribution in [0, 0.1) is 17.1 Å². The van der Waals surface area contributed by atoms with Crippen LogP contribution < -0.4 is 10.6 Å². The fourth-order valence-electron chi connectivity index (χ4n) is 2.40. The van der Waals surface area contributed by atoms with Gasteiger partial charge in [-0.05, 0) is 48.4 Å². The normalized spacial score (nSPS) is 10.1. The van der Waals surface area contributed by atoms with Gasteiger partial charge in [-0.15, -0.1) is 0 Å². The number of aromatic nitrogens is 2. The van der Waals surface area contributed by atoms with E-state index in [4.69, 9.17) is 5.26 Å². The van der Waals surface area contributed by atoms with Gasteiger partial charge in [0.05, 0.1) is 11.6 Å². The van der Waals surface area contributed by atoms with Crippen LogP contribution in [0.25, 0.3) is 0 Å². The van der Waals surface area contributed by atoms with Crippen LogP contribution in [0.2, 0.25) is 0 Å². The summed E-state index contributed by atoms with van der Waals surface area (Å²) in [4.78, 5) is 20.6. The van der Waals surface area contributed by atoms with Crippen molar-refractivity contribution in [2.45, 2.75) is 6.42 Å². The smallest absolute Gasteiger partial charge is 0.274 e. The van der Waals surface area contributed by atoms with Gasteiger partial charge >= 0.3 is 0 Å². The first-order valence-corrected chi connectivity index (χ1v) is 8.27. The van der Waals surface area contributed by atoms with Crippen molar-refractivity contribution >= 4 is 17.5 Å². The van der Waals surface area contributed by atoms with E-state index in [2.05, 4.69) is 20.6 Å². The molecule has 0 aliphatic rings. The number of hydrogen-bond donors (Lipinski definition) is 2. The molecule has 3 rings (SSSR count).